The quantitative estimate of drug-likeness (QED) is 0.801. The lowest BCUT2D eigenvalue weighted by Crippen LogP contribution is -2.14. The Morgan fingerprint density at radius 1 is 1.19 bits per heavy atom. The summed E-state index contributed by atoms with van der Waals surface area (Å²) >= 11 is 0. The molecule has 0 radical (unpaired) electrons. The maximum Gasteiger partial charge on any atom is 0.184 e. The number of nitriles is 1. The summed E-state index contributed by atoms with van der Waals surface area (Å²) in [5.74, 6) is -0.995. The highest BCUT2D eigenvalue weighted by Gasteiger charge is 2.22. The number of hydrogen-bond acceptors (Lipinski definition) is 3. The van der Waals surface area contributed by atoms with Crippen molar-refractivity contribution in [3.8, 4) is 6.07 Å². The van der Waals surface area contributed by atoms with Crippen molar-refractivity contribution < 1.29 is 4.79 Å². The first kappa shape index (κ1) is 14.9. The summed E-state index contributed by atoms with van der Waals surface area (Å²) in [6, 6.07) is 13.0. The summed E-state index contributed by atoms with van der Waals surface area (Å²) in [6.45, 7) is 6.37. The molecule has 0 spiro atoms. The molecule has 0 amide bonds. The Morgan fingerprint density at radius 3 is 2.33 bits per heavy atom. The van der Waals surface area contributed by atoms with Crippen LogP contribution < -0.4 is 0 Å². The molecular formula is C18H18N2O. The van der Waals surface area contributed by atoms with E-state index >= 15 is 0 Å². The van der Waals surface area contributed by atoms with Crippen molar-refractivity contribution in [3.05, 3.63) is 65.5 Å². The molecule has 1 unspecified atom stereocenters. The SMILES string of the molecule is CC(C)(C)c1ccc(C(=O)C(C#N)c2cccnc2)cc1. The Labute approximate surface area is 125 Å². The fraction of sp³-hybridized carbons (Fsp3) is 0.278. The van der Waals surface area contributed by atoms with E-state index in [9.17, 15) is 10.1 Å². The molecule has 21 heavy (non-hydrogen) atoms. The molecule has 106 valence electrons. The topological polar surface area (TPSA) is 53.8 Å². The number of aromatic nitrogens is 1. The zero-order chi connectivity index (χ0) is 15.5. The van der Waals surface area contributed by atoms with E-state index in [-0.39, 0.29) is 11.2 Å². The van der Waals surface area contributed by atoms with Crippen molar-refractivity contribution in [1.82, 2.24) is 4.98 Å². The molecule has 0 N–H and O–H groups in total. The Hall–Kier alpha value is -2.47. The number of pyridine rings is 1. The van der Waals surface area contributed by atoms with Crippen LogP contribution in [0.15, 0.2) is 48.8 Å². The van der Waals surface area contributed by atoms with Crippen LogP contribution in [-0.4, -0.2) is 10.8 Å². The van der Waals surface area contributed by atoms with Gasteiger partial charge in [-0.05, 0) is 22.6 Å². The molecule has 2 rings (SSSR count). The van der Waals surface area contributed by atoms with Crippen LogP contribution in [0.1, 0.15) is 48.2 Å². The van der Waals surface area contributed by atoms with Gasteiger partial charge in [-0.2, -0.15) is 5.26 Å². The number of carbonyl (C=O) groups is 1. The molecule has 0 aliphatic rings. The van der Waals surface area contributed by atoms with Crippen LogP contribution in [-0.2, 0) is 5.41 Å². The summed E-state index contributed by atoms with van der Waals surface area (Å²) in [6.07, 6.45) is 3.19. The molecule has 2 aromatic rings. The van der Waals surface area contributed by atoms with Crippen LogP contribution in [0.25, 0.3) is 0 Å². The van der Waals surface area contributed by atoms with E-state index in [2.05, 4.69) is 31.8 Å². The number of benzene rings is 1. The van der Waals surface area contributed by atoms with E-state index < -0.39 is 5.92 Å². The van der Waals surface area contributed by atoms with Crippen LogP contribution in [0.3, 0.4) is 0 Å². The number of carbonyl (C=O) groups excluding carboxylic acids is 1. The van der Waals surface area contributed by atoms with E-state index in [1.54, 1.807) is 36.7 Å². The zero-order valence-electron chi connectivity index (χ0n) is 12.5. The average molecular weight is 278 g/mol. The lowest BCUT2D eigenvalue weighted by atomic mass is 9.85. The van der Waals surface area contributed by atoms with E-state index in [0.717, 1.165) is 5.56 Å². The van der Waals surface area contributed by atoms with Gasteiger partial charge in [0.1, 0.15) is 5.92 Å². The fourth-order valence-corrected chi connectivity index (χ4v) is 2.13. The smallest absolute Gasteiger partial charge is 0.184 e. The van der Waals surface area contributed by atoms with E-state index in [1.807, 2.05) is 12.1 Å². The maximum atomic E-state index is 12.5. The minimum atomic E-state index is -0.806. The molecule has 0 fully saturated rings. The van der Waals surface area contributed by atoms with Crippen molar-refractivity contribution >= 4 is 5.78 Å². The van der Waals surface area contributed by atoms with Crippen LogP contribution >= 0.6 is 0 Å². The lowest BCUT2D eigenvalue weighted by molar-refractivity contribution is 0.0978. The van der Waals surface area contributed by atoms with Gasteiger partial charge in [0, 0.05) is 18.0 Å². The Morgan fingerprint density at radius 2 is 1.86 bits per heavy atom. The maximum absolute atomic E-state index is 12.5. The Bertz CT molecular complexity index is 661. The molecule has 1 atom stereocenters. The number of ketones is 1. The number of nitrogens with zero attached hydrogens (tertiary/aromatic N) is 2. The van der Waals surface area contributed by atoms with E-state index in [1.165, 1.54) is 0 Å². The van der Waals surface area contributed by atoms with Gasteiger partial charge in [-0.3, -0.25) is 9.78 Å². The normalized spacial score (nSPS) is 12.5. The monoisotopic (exact) mass is 278 g/mol. The lowest BCUT2D eigenvalue weighted by Gasteiger charge is -2.19. The minimum Gasteiger partial charge on any atom is -0.292 e. The molecular weight excluding hydrogens is 260 g/mol. The molecule has 0 bridgehead atoms. The summed E-state index contributed by atoms with van der Waals surface area (Å²) in [7, 11) is 0. The summed E-state index contributed by atoms with van der Waals surface area (Å²) in [5.41, 5.74) is 2.39. The van der Waals surface area contributed by atoms with Crippen molar-refractivity contribution in [3.63, 3.8) is 0 Å². The third-order valence-corrected chi connectivity index (χ3v) is 3.44. The second kappa shape index (κ2) is 5.88. The molecule has 3 heteroatoms. The third kappa shape index (κ3) is 3.35. The van der Waals surface area contributed by atoms with Crippen molar-refractivity contribution in [2.75, 3.05) is 0 Å². The predicted molar refractivity (Wildman–Crippen MR) is 82.1 cm³/mol. The fourth-order valence-electron chi connectivity index (χ4n) is 2.13. The van der Waals surface area contributed by atoms with Crippen molar-refractivity contribution in [2.45, 2.75) is 32.1 Å². The highest BCUT2D eigenvalue weighted by atomic mass is 16.1. The first-order valence-electron chi connectivity index (χ1n) is 6.88. The molecule has 0 aliphatic heterocycles. The van der Waals surface area contributed by atoms with Crippen molar-refractivity contribution in [1.29, 1.82) is 5.26 Å². The number of rotatable bonds is 3. The van der Waals surface area contributed by atoms with Gasteiger partial charge in [0.15, 0.2) is 5.78 Å². The van der Waals surface area contributed by atoms with Gasteiger partial charge in [-0.1, -0.05) is 51.1 Å². The van der Waals surface area contributed by atoms with Crippen LogP contribution in [0, 0.1) is 11.3 Å². The molecule has 1 heterocycles. The first-order valence-corrected chi connectivity index (χ1v) is 6.88. The van der Waals surface area contributed by atoms with Gasteiger partial charge in [0.2, 0.25) is 0 Å². The van der Waals surface area contributed by atoms with E-state index in [4.69, 9.17) is 0 Å². The molecule has 0 saturated heterocycles. The van der Waals surface area contributed by atoms with Crippen LogP contribution in [0.4, 0.5) is 0 Å². The molecule has 3 nitrogen and oxygen atoms in total. The van der Waals surface area contributed by atoms with Gasteiger partial charge in [0.05, 0.1) is 6.07 Å². The zero-order valence-corrected chi connectivity index (χ0v) is 12.5. The highest BCUT2D eigenvalue weighted by Crippen LogP contribution is 2.24. The standard InChI is InChI=1S/C18H18N2O/c1-18(2,3)15-8-6-13(7-9-15)17(21)16(11-19)14-5-4-10-20-12-14/h4-10,12,16H,1-3H3. The summed E-state index contributed by atoms with van der Waals surface area (Å²) in [5, 5.41) is 9.30. The summed E-state index contributed by atoms with van der Waals surface area (Å²) in [4.78, 5) is 16.5. The second-order valence-electron chi connectivity index (χ2n) is 6.04. The van der Waals surface area contributed by atoms with Gasteiger partial charge in [-0.15, -0.1) is 0 Å². The average Bonchev–Trinajstić information content (AvgIpc) is 2.48. The highest BCUT2D eigenvalue weighted by molar-refractivity contribution is 6.02. The van der Waals surface area contributed by atoms with Gasteiger partial charge in [-0.25, -0.2) is 0 Å². The van der Waals surface area contributed by atoms with E-state index in [0.29, 0.717) is 11.1 Å². The van der Waals surface area contributed by atoms with Crippen molar-refractivity contribution in [2.24, 2.45) is 0 Å². The number of hydrogen-bond donors (Lipinski definition) is 0. The van der Waals surface area contributed by atoms with Crippen LogP contribution in [0.2, 0.25) is 0 Å². The Kier molecular flexibility index (Phi) is 4.18. The largest absolute Gasteiger partial charge is 0.292 e. The predicted octanol–water partition coefficient (Wildman–Crippen LogP) is 3.87. The first-order chi connectivity index (χ1) is 9.93. The number of Topliss-reactive ketones (excluding diaryl/α,β-unsaturated/α-hetero) is 1. The third-order valence-electron chi connectivity index (χ3n) is 3.44. The molecule has 1 aromatic heterocycles. The summed E-state index contributed by atoms with van der Waals surface area (Å²) < 4.78 is 0. The van der Waals surface area contributed by atoms with Gasteiger partial charge >= 0.3 is 0 Å². The minimum absolute atomic E-state index is 0.0412. The Balaban J connectivity index is 2.29. The van der Waals surface area contributed by atoms with Gasteiger partial charge in [0.25, 0.3) is 0 Å². The molecule has 0 aliphatic carbocycles. The molecule has 1 aromatic carbocycles. The van der Waals surface area contributed by atoms with Gasteiger partial charge < -0.3 is 0 Å². The second-order valence-corrected chi connectivity index (χ2v) is 6.04. The van der Waals surface area contributed by atoms with Crippen LogP contribution in [0.5, 0.6) is 0 Å². The molecule has 0 saturated carbocycles.